The Morgan fingerprint density at radius 3 is 2.58 bits per heavy atom. The molecule has 0 unspecified atom stereocenters. The van der Waals surface area contributed by atoms with Gasteiger partial charge in [-0.05, 0) is 51.1 Å². The first-order valence-electron chi connectivity index (χ1n) is 6.78. The molecule has 1 fully saturated rings. The van der Waals surface area contributed by atoms with Crippen LogP contribution in [0.1, 0.15) is 24.8 Å². The zero-order valence-corrected chi connectivity index (χ0v) is 12.8. The largest absolute Gasteiger partial charge is 0.495 e. The van der Waals surface area contributed by atoms with Crippen molar-refractivity contribution in [1.29, 1.82) is 0 Å². The van der Waals surface area contributed by atoms with Gasteiger partial charge in [0, 0.05) is 18.6 Å². The lowest BCUT2D eigenvalue weighted by molar-refractivity contribution is 0.0598. The summed E-state index contributed by atoms with van der Waals surface area (Å²) in [7, 11) is 5.98. The highest BCUT2D eigenvalue weighted by Crippen LogP contribution is 2.35. The first-order chi connectivity index (χ1) is 9.07. The zero-order chi connectivity index (χ0) is 13.9. The van der Waals surface area contributed by atoms with E-state index in [0.717, 1.165) is 18.8 Å². The maximum Gasteiger partial charge on any atom is 0.137 e. The summed E-state index contributed by atoms with van der Waals surface area (Å²) in [6.07, 6.45) is 3.92. The fourth-order valence-electron chi connectivity index (χ4n) is 2.63. The average molecular weight is 283 g/mol. The predicted octanol–water partition coefficient (Wildman–Crippen LogP) is 2.92. The summed E-state index contributed by atoms with van der Waals surface area (Å²) in [6, 6.07) is 5.95. The molecule has 19 heavy (non-hydrogen) atoms. The molecule has 0 bridgehead atoms. The molecule has 3 nitrogen and oxygen atoms in total. The summed E-state index contributed by atoms with van der Waals surface area (Å²) in [4.78, 5) is 2.35. The van der Waals surface area contributed by atoms with Gasteiger partial charge < -0.3 is 15.0 Å². The van der Waals surface area contributed by atoms with E-state index in [1.165, 1.54) is 24.8 Å². The quantitative estimate of drug-likeness (QED) is 0.868. The van der Waals surface area contributed by atoms with Crippen molar-refractivity contribution >= 4 is 11.6 Å². The molecule has 0 saturated heterocycles. The summed E-state index contributed by atoms with van der Waals surface area (Å²) < 4.78 is 5.16. The van der Waals surface area contributed by atoms with E-state index in [4.69, 9.17) is 16.3 Å². The van der Waals surface area contributed by atoms with Crippen molar-refractivity contribution in [3.8, 4) is 5.75 Å². The summed E-state index contributed by atoms with van der Waals surface area (Å²) >= 11 is 6.13. The Kier molecular flexibility index (Phi) is 4.71. The third-order valence-electron chi connectivity index (χ3n) is 4.23. The van der Waals surface area contributed by atoms with Crippen LogP contribution in [0.25, 0.3) is 0 Å². The van der Waals surface area contributed by atoms with E-state index in [-0.39, 0.29) is 0 Å². The van der Waals surface area contributed by atoms with Gasteiger partial charge in [-0.15, -0.1) is 0 Å². The van der Waals surface area contributed by atoms with Crippen molar-refractivity contribution in [3.63, 3.8) is 0 Å². The van der Waals surface area contributed by atoms with Crippen LogP contribution < -0.4 is 10.1 Å². The average Bonchev–Trinajstić information content (AvgIpc) is 2.32. The van der Waals surface area contributed by atoms with Gasteiger partial charge in [0.25, 0.3) is 0 Å². The molecule has 1 aliphatic rings. The zero-order valence-electron chi connectivity index (χ0n) is 12.0. The number of nitrogens with zero attached hydrogens (tertiary/aromatic N) is 1. The van der Waals surface area contributed by atoms with Gasteiger partial charge in [-0.2, -0.15) is 0 Å². The molecule has 0 amide bonds. The van der Waals surface area contributed by atoms with Crippen LogP contribution >= 0.6 is 11.6 Å². The monoisotopic (exact) mass is 282 g/mol. The molecule has 0 aliphatic heterocycles. The van der Waals surface area contributed by atoms with Gasteiger partial charge in [0.1, 0.15) is 5.75 Å². The van der Waals surface area contributed by atoms with Gasteiger partial charge in [0.05, 0.1) is 12.1 Å². The summed E-state index contributed by atoms with van der Waals surface area (Å²) in [5, 5.41) is 4.22. The molecule has 106 valence electrons. The molecular weight excluding hydrogens is 260 g/mol. The van der Waals surface area contributed by atoms with E-state index < -0.39 is 0 Å². The summed E-state index contributed by atoms with van der Waals surface area (Å²) in [5.74, 6) is 0.731. The van der Waals surface area contributed by atoms with Crippen LogP contribution in [-0.4, -0.2) is 38.2 Å². The highest BCUT2D eigenvalue weighted by Gasteiger charge is 2.38. The minimum absolute atomic E-state index is 0.357. The summed E-state index contributed by atoms with van der Waals surface area (Å²) in [5.41, 5.74) is 1.55. The number of rotatable bonds is 6. The summed E-state index contributed by atoms with van der Waals surface area (Å²) in [6.45, 7) is 1.88. The lowest BCUT2D eigenvalue weighted by Gasteiger charge is -2.47. The van der Waals surface area contributed by atoms with Crippen LogP contribution in [-0.2, 0) is 6.54 Å². The van der Waals surface area contributed by atoms with Gasteiger partial charge in [-0.3, -0.25) is 0 Å². The van der Waals surface area contributed by atoms with Crippen molar-refractivity contribution in [2.75, 3.05) is 27.7 Å². The number of hydrogen-bond acceptors (Lipinski definition) is 3. The highest BCUT2D eigenvalue weighted by molar-refractivity contribution is 6.32. The number of hydrogen-bond donors (Lipinski definition) is 1. The van der Waals surface area contributed by atoms with Crippen LogP contribution in [0, 0.1) is 0 Å². The molecule has 0 atom stereocenters. The van der Waals surface area contributed by atoms with E-state index in [9.17, 15) is 0 Å². The maximum atomic E-state index is 6.13. The van der Waals surface area contributed by atoms with Gasteiger partial charge in [0.2, 0.25) is 0 Å². The van der Waals surface area contributed by atoms with E-state index in [1.807, 2.05) is 12.1 Å². The number of ether oxygens (including phenoxy) is 1. The van der Waals surface area contributed by atoms with E-state index in [1.54, 1.807) is 7.11 Å². The van der Waals surface area contributed by atoms with Crippen molar-refractivity contribution < 1.29 is 4.74 Å². The molecule has 1 N–H and O–H groups in total. The van der Waals surface area contributed by atoms with Gasteiger partial charge in [-0.25, -0.2) is 0 Å². The van der Waals surface area contributed by atoms with Gasteiger partial charge >= 0.3 is 0 Å². The number of nitrogens with one attached hydrogen (secondary N) is 1. The first-order valence-corrected chi connectivity index (χ1v) is 7.16. The topological polar surface area (TPSA) is 24.5 Å². The van der Waals surface area contributed by atoms with Crippen molar-refractivity contribution in [1.82, 2.24) is 10.2 Å². The van der Waals surface area contributed by atoms with Crippen LogP contribution in [0.2, 0.25) is 5.02 Å². The maximum absolute atomic E-state index is 6.13. The molecular formula is C15H23ClN2O. The molecule has 0 radical (unpaired) electrons. The molecule has 0 heterocycles. The molecule has 1 aliphatic carbocycles. The Bertz CT molecular complexity index is 430. The second-order valence-corrected chi connectivity index (χ2v) is 5.95. The standard InChI is InChI=1S/C15H23ClN2O/c1-18(2)15(7-4-8-15)11-17-10-12-5-6-14(19-3)13(16)9-12/h5-6,9,17H,4,7-8,10-11H2,1-3H3. The van der Waals surface area contributed by atoms with Crippen LogP contribution in [0.3, 0.4) is 0 Å². The molecule has 1 saturated carbocycles. The van der Waals surface area contributed by atoms with Gasteiger partial charge in [-0.1, -0.05) is 17.7 Å². The molecule has 1 aromatic rings. The molecule has 4 heteroatoms. The SMILES string of the molecule is COc1ccc(CNCC2(N(C)C)CCC2)cc1Cl. The van der Waals surface area contributed by atoms with Crippen LogP contribution in [0.4, 0.5) is 0 Å². The highest BCUT2D eigenvalue weighted by atomic mass is 35.5. The Hall–Kier alpha value is -0.770. The van der Waals surface area contributed by atoms with E-state index in [0.29, 0.717) is 10.6 Å². The number of likely N-dealkylation sites (N-methyl/N-ethyl adjacent to an activating group) is 1. The number of methoxy groups -OCH3 is 1. The second kappa shape index (κ2) is 6.12. The minimum Gasteiger partial charge on any atom is -0.495 e. The molecule has 2 rings (SSSR count). The smallest absolute Gasteiger partial charge is 0.137 e. The third kappa shape index (κ3) is 3.22. The molecule has 1 aromatic carbocycles. The molecule has 0 aromatic heterocycles. The first kappa shape index (κ1) is 14.6. The fraction of sp³-hybridized carbons (Fsp3) is 0.600. The van der Waals surface area contributed by atoms with Crippen LogP contribution in [0.5, 0.6) is 5.75 Å². The minimum atomic E-state index is 0.357. The predicted molar refractivity (Wildman–Crippen MR) is 80.0 cm³/mol. The Morgan fingerprint density at radius 2 is 2.11 bits per heavy atom. The van der Waals surface area contributed by atoms with Crippen LogP contribution in [0.15, 0.2) is 18.2 Å². The number of benzene rings is 1. The third-order valence-corrected chi connectivity index (χ3v) is 4.53. The van der Waals surface area contributed by atoms with Crippen molar-refractivity contribution in [2.45, 2.75) is 31.3 Å². The van der Waals surface area contributed by atoms with Gasteiger partial charge in [0.15, 0.2) is 0 Å². The fourth-order valence-corrected chi connectivity index (χ4v) is 2.91. The Balaban J connectivity index is 1.87. The number of halogens is 1. The second-order valence-electron chi connectivity index (χ2n) is 5.54. The Morgan fingerprint density at radius 1 is 1.37 bits per heavy atom. The van der Waals surface area contributed by atoms with Crippen molar-refractivity contribution in [3.05, 3.63) is 28.8 Å². The van der Waals surface area contributed by atoms with E-state index in [2.05, 4.69) is 30.4 Å². The normalized spacial score (nSPS) is 17.3. The molecule has 0 spiro atoms. The van der Waals surface area contributed by atoms with E-state index >= 15 is 0 Å². The Labute approximate surface area is 120 Å². The van der Waals surface area contributed by atoms with Crippen molar-refractivity contribution in [2.24, 2.45) is 0 Å². The lowest BCUT2D eigenvalue weighted by atomic mass is 9.75. The lowest BCUT2D eigenvalue weighted by Crippen LogP contribution is -2.56.